The second kappa shape index (κ2) is 7.91. The van der Waals surface area contributed by atoms with Gasteiger partial charge in [-0.2, -0.15) is 0 Å². The number of aromatic nitrogens is 3. The van der Waals surface area contributed by atoms with Crippen molar-refractivity contribution in [2.24, 2.45) is 4.99 Å². The lowest BCUT2D eigenvalue weighted by Gasteiger charge is -2.16. The number of anilines is 1. The molecular weight excluding hydrogens is 364 g/mol. The molecule has 2 aliphatic heterocycles. The summed E-state index contributed by atoms with van der Waals surface area (Å²) < 4.78 is 0. The number of aromatic amines is 1. The van der Waals surface area contributed by atoms with Crippen molar-refractivity contribution in [2.45, 2.75) is 25.4 Å². The number of thioether (sulfide) groups is 1. The third-order valence-electron chi connectivity index (χ3n) is 4.51. The molecule has 0 spiro atoms. The van der Waals surface area contributed by atoms with Crippen molar-refractivity contribution in [1.82, 2.24) is 20.3 Å². The van der Waals surface area contributed by atoms with Gasteiger partial charge in [0.05, 0.1) is 17.3 Å². The van der Waals surface area contributed by atoms with Gasteiger partial charge in [0.1, 0.15) is 6.04 Å². The summed E-state index contributed by atoms with van der Waals surface area (Å²) in [6.07, 6.45) is 5.62. The molecule has 1 unspecified atom stereocenters. The van der Waals surface area contributed by atoms with Crippen LogP contribution in [-0.2, 0) is 11.3 Å². The van der Waals surface area contributed by atoms with Crippen molar-refractivity contribution in [1.29, 1.82) is 0 Å². The maximum Gasteiger partial charge on any atom is 0.252 e. The van der Waals surface area contributed by atoms with Crippen LogP contribution < -0.4 is 15.8 Å². The number of aliphatic imine (C=N–C) groups is 1. The predicted octanol–water partition coefficient (Wildman–Crippen LogP) is 0.944. The molecular formula is C18H20N6O2S. The number of hydrogen-bond acceptors (Lipinski definition) is 7. The highest BCUT2D eigenvalue weighted by atomic mass is 32.2. The molecule has 1 fully saturated rings. The summed E-state index contributed by atoms with van der Waals surface area (Å²) in [6.45, 7) is 2.00. The van der Waals surface area contributed by atoms with E-state index in [0.29, 0.717) is 17.4 Å². The lowest BCUT2D eigenvalue weighted by atomic mass is 10.3. The third-order valence-corrected chi connectivity index (χ3v) is 5.61. The van der Waals surface area contributed by atoms with E-state index in [4.69, 9.17) is 0 Å². The first kappa shape index (κ1) is 17.7. The van der Waals surface area contributed by atoms with E-state index in [2.05, 4.69) is 30.2 Å². The molecule has 0 saturated carbocycles. The minimum absolute atomic E-state index is 0.156. The van der Waals surface area contributed by atoms with Crippen LogP contribution in [0.1, 0.15) is 24.1 Å². The van der Waals surface area contributed by atoms with Crippen molar-refractivity contribution in [3.63, 3.8) is 0 Å². The largest absolute Gasteiger partial charge is 0.349 e. The summed E-state index contributed by atoms with van der Waals surface area (Å²) in [7, 11) is 0. The lowest BCUT2D eigenvalue weighted by molar-refractivity contribution is -0.121. The van der Waals surface area contributed by atoms with E-state index in [1.54, 1.807) is 24.2 Å². The average molecular weight is 384 g/mol. The van der Waals surface area contributed by atoms with Gasteiger partial charge in [0.2, 0.25) is 11.9 Å². The fourth-order valence-electron chi connectivity index (χ4n) is 3.12. The van der Waals surface area contributed by atoms with Crippen LogP contribution >= 0.6 is 11.8 Å². The van der Waals surface area contributed by atoms with Crippen molar-refractivity contribution in [3.8, 4) is 0 Å². The number of nitrogens with zero attached hydrogens (tertiary/aromatic N) is 4. The number of carbonyl (C=O) groups is 1. The van der Waals surface area contributed by atoms with Gasteiger partial charge in [0, 0.05) is 42.9 Å². The van der Waals surface area contributed by atoms with Gasteiger partial charge in [-0.05, 0) is 25.0 Å². The number of carbonyl (C=O) groups excluding carboxylic acids is 1. The monoisotopic (exact) mass is 384 g/mol. The molecule has 2 aromatic heterocycles. The second-order valence-corrected chi connectivity index (χ2v) is 7.48. The van der Waals surface area contributed by atoms with Crippen LogP contribution in [0.3, 0.4) is 0 Å². The Labute approximate surface area is 160 Å². The zero-order valence-electron chi connectivity index (χ0n) is 14.7. The maximum atomic E-state index is 12.5. The molecule has 2 aliphatic rings. The summed E-state index contributed by atoms with van der Waals surface area (Å²) in [4.78, 5) is 42.2. The summed E-state index contributed by atoms with van der Waals surface area (Å²) in [5.41, 5.74) is 1.32. The Morgan fingerprint density at radius 3 is 2.85 bits per heavy atom. The van der Waals surface area contributed by atoms with Gasteiger partial charge in [-0.25, -0.2) is 4.98 Å². The van der Waals surface area contributed by atoms with Gasteiger partial charge in [0.25, 0.3) is 5.56 Å². The highest BCUT2D eigenvalue weighted by molar-refractivity contribution is 8.14. The van der Waals surface area contributed by atoms with Crippen LogP contribution in [0.15, 0.2) is 40.4 Å². The minimum atomic E-state index is -0.432. The zero-order chi connectivity index (χ0) is 18.6. The molecule has 8 nitrogen and oxygen atoms in total. The van der Waals surface area contributed by atoms with E-state index in [0.717, 1.165) is 36.5 Å². The Hall–Kier alpha value is -2.68. The van der Waals surface area contributed by atoms with Crippen LogP contribution in [-0.4, -0.2) is 50.8 Å². The van der Waals surface area contributed by atoms with Gasteiger partial charge in [-0.1, -0.05) is 0 Å². The molecule has 2 aromatic rings. The van der Waals surface area contributed by atoms with E-state index in [1.165, 1.54) is 6.07 Å². The number of hydrogen-bond donors (Lipinski definition) is 2. The van der Waals surface area contributed by atoms with Crippen molar-refractivity contribution < 1.29 is 4.79 Å². The molecule has 1 atom stereocenters. The Kier molecular flexibility index (Phi) is 5.19. The molecule has 140 valence electrons. The van der Waals surface area contributed by atoms with Crippen LogP contribution in [0.4, 0.5) is 5.95 Å². The first-order chi connectivity index (χ1) is 13.2. The minimum Gasteiger partial charge on any atom is -0.349 e. The van der Waals surface area contributed by atoms with Gasteiger partial charge in [-0.3, -0.25) is 24.5 Å². The lowest BCUT2D eigenvalue weighted by Crippen LogP contribution is -2.34. The Morgan fingerprint density at radius 2 is 2.07 bits per heavy atom. The fraction of sp³-hybridized carbons (Fsp3) is 0.389. The SMILES string of the molecule is O=C(NCc1cc(=O)[nH]c(N2CCCC2)n1)C1CSC(c2ccncc2)=N1. The molecule has 4 rings (SSSR count). The fourth-order valence-corrected chi connectivity index (χ4v) is 4.17. The first-order valence-electron chi connectivity index (χ1n) is 8.93. The number of rotatable bonds is 5. The summed E-state index contributed by atoms with van der Waals surface area (Å²) in [5, 5.41) is 3.70. The first-order valence-corrected chi connectivity index (χ1v) is 9.91. The standard InChI is InChI=1S/C18H20N6O2S/c25-15-9-13(21-18(23-15)24-7-1-2-8-24)10-20-16(26)14-11-27-17(22-14)12-3-5-19-6-4-12/h3-6,9,14H,1-2,7-8,10-11H2,(H,20,26)(H,21,23,25). The van der Waals surface area contributed by atoms with Crippen molar-refractivity contribution in [2.75, 3.05) is 23.7 Å². The highest BCUT2D eigenvalue weighted by Crippen LogP contribution is 2.23. The molecule has 0 aliphatic carbocycles. The summed E-state index contributed by atoms with van der Waals surface area (Å²) >= 11 is 1.56. The zero-order valence-corrected chi connectivity index (χ0v) is 15.5. The van der Waals surface area contributed by atoms with Gasteiger partial charge < -0.3 is 10.2 Å². The van der Waals surface area contributed by atoms with E-state index < -0.39 is 6.04 Å². The second-order valence-electron chi connectivity index (χ2n) is 6.47. The van der Waals surface area contributed by atoms with Gasteiger partial charge >= 0.3 is 0 Å². The Bertz CT molecular complexity index is 908. The van der Waals surface area contributed by atoms with Crippen LogP contribution in [0.2, 0.25) is 0 Å². The van der Waals surface area contributed by atoms with Crippen LogP contribution in [0.5, 0.6) is 0 Å². The van der Waals surface area contributed by atoms with Crippen LogP contribution in [0, 0.1) is 0 Å². The number of amides is 1. The molecule has 1 saturated heterocycles. The Balaban J connectivity index is 1.40. The smallest absolute Gasteiger partial charge is 0.252 e. The number of nitrogens with one attached hydrogen (secondary N) is 2. The van der Waals surface area contributed by atoms with E-state index >= 15 is 0 Å². The van der Waals surface area contributed by atoms with Crippen molar-refractivity contribution in [3.05, 3.63) is 52.2 Å². The molecule has 2 N–H and O–H groups in total. The quantitative estimate of drug-likeness (QED) is 0.795. The van der Waals surface area contributed by atoms with E-state index in [1.807, 2.05) is 12.1 Å². The summed E-state index contributed by atoms with van der Waals surface area (Å²) in [6, 6.07) is 4.76. The summed E-state index contributed by atoms with van der Waals surface area (Å²) in [5.74, 6) is 1.03. The molecule has 27 heavy (non-hydrogen) atoms. The number of pyridine rings is 1. The van der Waals surface area contributed by atoms with E-state index in [-0.39, 0.29) is 18.0 Å². The molecule has 9 heteroatoms. The van der Waals surface area contributed by atoms with Crippen molar-refractivity contribution >= 4 is 28.7 Å². The van der Waals surface area contributed by atoms with Gasteiger partial charge in [0.15, 0.2) is 0 Å². The average Bonchev–Trinajstić information content (AvgIpc) is 3.38. The predicted molar refractivity (Wildman–Crippen MR) is 105 cm³/mol. The molecule has 0 bridgehead atoms. The highest BCUT2D eigenvalue weighted by Gasteiger charge is 2.25. The molecule has 0 aromatic carbocycles. The number of H-pyrrole nitrogens is 1. The molecule has 4 heterocycles. The topological polar surface area (TPSA) is 103 Å². The van der Waals surface area contributed by atoms with E-state index in [9.17, 15) is 9.59 Å². The molecule has 0 radical (unpaired) electrons. The van der Waals surface area contributed by atoms with Gasteiger partial charge in [-0.15, -0.1) is 11.8 Å². The van der Waals surface area contributed by atoms with Crippen LogP contribution in [0.25, 0.3) is 0 Å². The Morgan fingerprint density at radius 1 is 1.30 bits per heavy atom. The maximum absolute atomic E-state index is 12.5. The molecule has 1 amide bonds. The normalized spacial score (nSPS) is 19.2. The third kappa shape index (κ3) is 4.19.